The van der Waals surface area contributed by atoms with Gasteiger partial charge in [0.15, 0.2) is 0 Å². The van der Waals surface area contributed by atoms with Crippen molar-refractivity contribution in [3.05, 3.63) is 54.6 Å². The Labute approximate surface area is 176 Å². The average molecular weight is 409 g/mol. The van der Waals surface area contributed by atoms with Gasteiger partial charge in [-0.3, -0.25) is 0 Å². The lowest BCUT2D eigenvalue weighted by atomic mass is 10.2. The summed E-state index contributed by atoms with van der Waals surface area (Å²) in [6.45, 7) is 0. The third-order valence-electron chi connectivity index (χ3n) is 4.77. The largest absolute Gasteiger partial charge is 0.397 e. The molecule has 0 aliphatic heterocycles. The van der Waals surface area contributed by atoms with E-state index in [9.17, 15) is 0 Å². The number of hydrogen-bond donors (Lipinski definition) is 2. The molecule has 0 bridgehead atoms. The summed E-state index contributed by atoms with van der Waals surface area (Å²) in [6.07, 6.45) is 0. The van der Waals surface area contributed by atoms with Crippen LogP contribution in [0, 0.1) is 0 Å². The van der Waals surface area contributed by atoms with Crippen molar-refractivity contribution in [3.8, 4) is 0 Å². The number of rotatable bonds is 4. The van der Waals surface area contributed by atoms with Gasteiger partial charge < -0.3 is 20.9 Å². The number of hydrogen-bond acceptors (Lipinski definition) is 6. The van der Waals surface area contributed by atoms with Crippen molar-refractivity contribution in [2.45, 2.75) is 0 Å². The number of halogens is 1. The standard InChI is InChI=1S/C22H24N6.ClH/c1-27(2)15-7-5-14(6-8-15)24-19-13-22-21(12-17(19)23)26-20-11-16(28(3)4)9-10-18(20)25-22;/h5-13,24H,23H2,1-4H3;1H. The Morgan fingerprint density at radius 1 is 0.690 bits per heavy atom. The molecular weight excluding hydrogens is 384 g/mol. The monoisotopic (exact) mass is 408 g/mol. The fourth-order valence-electron chi connectivity index (χ4n) is 3.11. The van der Waals surface area contributed by atoms with Crippen LogP contribution in [-0.4, -0.2) is 38.2 Å². The highest BCUT2D eigenvalue weighted by molar-refractivity contribution is 5.93. The molecule has 0 unspecified atom stereocenters. The quantitative estimate of drug-likeness (QED) is 0.378. The van der Waals surface area contributed by atoms with Crippen molar-refractivity contribution in [3.63, 3.8) is 0 Å². The number of fused-ring (bicyclic) bond motifs is 2. The number of nitrogen functional groups attached to an aromatic ring is 1. The zero-order valence-corrected chi connectivity index (χ0v) is 17.8. The van der Waals surface area contributed by atoms with Crippen molar-refractivity contribution in [2.24, 2.45) is 0 Å². The second kappa shape index (κ2) is 8.01. The fourth-order valence-corrected chi connectivity index (χ4v) is 3.11. The number of nitrogens with one attached hydrogen (secondary N) is 1. The Hall–Kier alpha value is -3.25. The molecule has 1 heterocycles. The van der Waals surface area contributed by atoms with Gasteiger partial charge in [-0.2, -0.15) is 0 Å². The predicted molar refractivity (Wildman–Crippen MR) is 127 cm³/mol. The zero-order valence-electron chi connectivity index (χ0n) is 17.0. The second-order valence-corrected chi connectivity index (χ2v) is 7.29. The Bertz CT molecular complexity index is 1160. The number of benzene rings is 3. The fraction of sp³-hybridized carbons (Fsp3) is 0.182. The summed E-state index contributed by atoms with van der Waals surface area (Å²) in [5.74, 6) is 0. The molecule has 7 heteroatoms. The van der Waals surface area contributed by atoms with Crippen LogP contribution in [0.25, 0.3) is 22.1 Å². The molecule has 0 aliphatic carbocycles. The highest BCUT2D eigenvalue weighted by Gasteiger charge is 2.08. The number of nitrogens with two attached hydrogens (primary N) is 1. The third kappa shape index (κ3) is 4.12. The van der Waals surface area contributed by atoms with E-state index in [0.717, 1.165) is 44.8 Å². The summed E-state index contributed by atoms with van der Waals surface area (Å²) in [5, 5.41) is 3.38. The molecule has 29 heavy (non-hydrogen) atoms. The summed E-state index contributed by atoms with van der Waals surface area (Å²) in [6, 6.07) is 18.1. The van der Waals surface area contributed by atoms with E-state index in [2.05, 4.69) is 22.3 Å². The molecule has 4 rings (SSSR count). The summed E-state index contributed by atoms with van der Waals surface area (Å²) in [5.41, 5.74) is 14.3. The first kappa shape index (κ1) is 20.5. The van der Waals surface area contributed by atoms with Crippen LogP contribution >= 0.6 is 12.4 Å². The summed E-state index contributed by atoms with van der Waals surface area (Å²) in [4.78, 5) is 13.6. The molecule has 3 N–H and O–H groups in total. The molecule has 1 aromatic heterocycles. The van der Waals surface area contributed by atoms with Crippen LogP contribution in [0.3, 0.4) is 0 Å². The minimum atomic E-state index is 0. The summed E-state index contributed by atoms with van der Waals surface area (Å²) < 4.78 is 0. The molecule has 0 radical (unpaired) electrons. The van der Waals surface area contributed by atoms with Crippen LogP contribution in [0.15, 0.2) is 54.6 Å². The molecule has 0 aliphatic rings. The van der Waals surface area contributed by atoms with Gasteiger partial charge in [0.05, 0.1) is 33.4 Å². The van der Waals surface area contributed by atoms with Crippen molar-refractivity contribution >= 4 is 62.9 Å². The lowest BCUT2D eigenvalue weighted by Crippen LogP contribution is -2.08. The van der Waals surface area contributed by atoms with Gasteiger partial charge in [0, 0.05) is 45.3 Å². The first-order valence-corrected chi connectivity index (χ1v) is 9.13. The van der Waals surface area contributed by atoms with Gasteiger partial charge >= 0.3 is 0 Å². The molecular formula is C22H25ClN6. The third-order valence-corrected chi connectivity index (χ3v) is 4.77. The van der Waals surface area contributed by atoms with Crippen molar-refractivity contribution in [1.29, 1.82) is 0 Å². The minimum absolute atomic E-state index is 0. The average Bonchev–Trinajstić information content (AvgIpc) is 2.67. The van der Waals surface area contributed by atoms with Gasteiger partial charge in [0.2, 0.25) is 0 Å². The maximum absolute atomic E-state index is 6.29. The van der Waals surface area contributed by atoms with E-state index >= 15 is 0 Å². The SMILES string of the molecule is CN(C)c1ccc(Nc2cc3nc4ccc(N(C)C)cc4nc3cc2N)cc1.Cl. The Kier molecular flexibility index (Phi) is 5.66. The number of anilines is 5. The lowest BCUT2D eigenvalue weighted by Gasteiger charge is -2.15. The van der Waals surface area contributed by atoms with Gasteiger partial charge in [-0.05, 0) is 54.6 Å². The van der Waals surface area contributed by atoms with E-state index in [1.165, 1.54) is 0 Å². The van der Waals surface area contributed by atoms with E-state index in [1.54, 1.807) is 0 Å². The minimum Gasteiger partial charge on any atom is -0.397 e. The van der Waals surface area contributed by atoms with Gasteiger partial charge in [0.1, 0.15) is 0 Å². The van der Waals surface area contributed by atoms with Crippen molar-refractivity contribution in [1.82, 2.24) is 9.97 Å². The highest BCUT2D eigenvalue weighted by atomic mass is 35.5. The van der Waals surface area contributed by atoms with E-state index in [0.29, 0.717) is 5.69 Å². The van der Waals surface area contributed by atoms with Gasteiger partial charge in [0.25, 0.3) is 0 Å². The number of aromatic nitrogens is 2. The molecule has 3 aromatic carbocycles. The normalized spacial score (nSPS) is 10.6. The Morgan fingerprint density at radius 3 is 1.90 bits per heavy atom. The van der Waals surface area contributed by atoms with Crippen LogP contribution < -0.4 is 20.9 Å². The van der Waals surface area contributed by atoms with Crippen molar-refractivity contribution < 1.29 is 0 Å². The maximum Gasteiger partial charge on any atom is 0.0916 e. The molecule has 0 spiro atoms. The van der Waals surface area contributed by atoms with E-state index in [4.69, 9.17) is 15.7 Å². The van der Waals surface area contributed by atoms with E-state index < -0.39 is 0 Å². The molecule has 0 amide bonds. The van der Waals surface area contributed by atoms with Gasteiger partial charge in [-0.25, -0.2) is 9.97 Å². The van der Waals surface area contributed by atoms with E-state index in [-0.39, 0.29) is 12.4 Å². The Morgan fingerprint density at radius 2 is 1.24 bits per heavy atom. The van der Waals surface area contributed by atoms with Crippen LogP contribution in [0.4, 0.5) is 28.4 Å². The molecule has 0 fully saturated rings. The van der Waals surface area contributed by atoms with Gasteiger partial charge in [-0.1, -0.05) is 0 Å². The van der Waals surface area contributed by atoms with E-state index in [1.807, 2.05) is 75.6 Å². The summed E-state index contributed by atoms with van der Waals surface area (Å²) in [7, 11) is 8.07. The highest BCUT2D eigenvalue weighted by Crippen LogP contribution is 2.29. The van der Waals surface area contributed by atoms with Gasteiger partial charge in [-0.15, -0.1) is 12.4 Å². The second-order valence-electron chi connectivity index (χ2n) is 7.29. The Balaban J connectivity index is 0.00000240. The van der Waals surface area contributed by atoms with Crippen LogP contribution in [0.1, 0.15) is 0 Å². The van der Waals surface area contributed by atoms with Crippen LogP contribution in [0.2, 0.25) is 0 Å². The smallest absolute Gasteiger partial charge is 0.0916 e. The molecule has 0 saturated heterocycles. The molecule has 6 nitrogen and oxygen atoms in total. The van der Waals surface area contributed by atoms with Crippen LogP contribution in [-0.2, 0) is 0 Å². The topological polar surface area (TPSA) is 70.3 Å². The lowest BCUT2D eigenvalue weighted by molar-refractivity contribution is 1.13. The zero-order chi connectivity index (χ0) is 19.8. The summed E-state index contributed by atoms with van der Waals surface area (Å²) >= 11 is 0. The molecule has 0 atom stereocenters. The van der Waals surface area contributed by atoms with Crippen molar-refractivity contribution in [2.75, 3.05) is 49.0 Å². The van der Waals surface area contributed by atoms with Crippen LogP contribution in [0.5, 0.6) is 0 Å². The maximum atomic E-state index is 6.29. The molecule has 0 saturated carbocycles. The predicted octanol–water partition coefficient (Wildman–Crippen LogP) is 4.66. The molecule has 150 valence electrons. The molecule has 4 aromatic rings. The number of nitrogens with zero attached hydrogens (tertiary/aromatic N) is 4. The first-order valence-electron chi connectivity index (χ1n) is 9.13. The first-order chi connectivity index (χ1) is 13.4.